The van der Waals surface area contributed by atoms with Gasteiger partial charge in [0, 0.05) is 12.8 Å². The Hall–Kier alpha value is -1.72. The van der Waals surface area contributed by atoms with E-state index in [4.69, 9.17) is 0 Å². The Morgan fingerprint density at radius 3 is 1.00 bits per heavy atom. The first-order valence-corrected chi connectivity index (χ1v) is 8.97. The smallest absolute Gasteiger partial charge is 0.313 e. The summed E-state index contributed by atoms with van der Waals surface area (Å²) in [5.41, 5.74) is 0. The Kier molecular flexibility index (Phi) is 16.4. The van der Waals surface area contributed by atoms with Gasteiger partial charge in [-0.15, -0.1) is 0 Å². The summed E-state index contributed by atoms with van der Waals surface area (Å²) in [5.74, 6) is -0.878. The van der Waals surface area contributed by atoms with E-state index >= 15 is 0 Å². The Bertz CT molecular complexity index is 319. The first kappa shape index (κ1) is 22.3. The van der Waals surface area contributed by atoms with Crippen LogP contribution in [0.4, 0.5) is 0 Å². The molecule has 0 amide bonds. The van der Waals surface area contributed by atoms with E-state index in [1.54, 1.807) is 0 Å². The molecule has 0 rings (SSSR count). The lowest BCUT2D eigenvalue weighted by Gasteiger charge is -2.03. The number of rotatable bonds is 17. The van der Waals surface area contributed by atoms with E-state index in [-0.39, 0.29) is 12.9 Å². The Balaban J connectivity index is 3.12. The van der Waals surface area contributed by atoms with Crippen molar-refractivity contribution in [3.63, 3.8) is 0 Å². The van der Waals surface area contributed by atoms with Crippen molar-refractivity contribution < 1.29 is 28.7 Å². The molecule has 0 heterocycles. The number of hydrogen-bond acceptors (Lipinski definition) is 6. The highest BCUT2D eigenvalue weighted by Crippen LogP contribution is 2.13. The molecule has 0 saturated heterocycles. The molecule has 0 aromatic carbocycles. The van der Waals surface area contributed by atoms with Gasteiger partial charge >= 0.3 is 24.9 Å². The topological polar surface area (TPSA) is 86.7 Å². The molecule has 0 N–H and O–H groups in total. The van der Waals surface area contributed by atoms with Gasteiger partial charge < -0.3 is 9.47 Å². The monoisotopic (exact) mass is 342 g/mol. The molecule has 0 aliphatic heterocycles. The first-order chi connectivity index (χ1) is 11.7. The van der Waals surface area contributed by atoms with E-state index in [0.29, 0.717) is 12.8 Å². The third kappa shape index (κ3) is 16.6. The average molecular weight is 342 g/mol. The molecule has 0 spiro atoms. The van der Waals surface area contributed by atoms with Crippen molar-refractivity contribution in [2.75, 3.05) is 0 Å². The van der Waals surface area contributed by atoms with Crippen LogP contribution in [0.2, 0.25) is 0 Å². The van der Waals surface area contributed by atoms with Crippen molar-refractivity contribution in [3.8, 4) is 0 Å². The number of hydrogen-bond donors (Lipinski definition) is 0. The predicted octanol–water partition coefficient (Wildman–Crippen LogP) is 3.85. The lowest BCUT2D eigenvalue weighted by molar-refractivity contribution is -0.153. The first-order valence-electron chi connectivity index (χ1n) is 8.97. The number of esters is 2. The Morgan fingerprint density at radius 1 is 0.500 bits per heavy atom. The zero-order valence-electron chi connectivity index (χ0n) is 14.5. The summed E-state index contributed by atoms with van der Waals surface area (Å²) in [6, 6.07) is 0. The summed E-state index contributed by atoms with van der Waals surface area (Å²) in [7, 11) is 0. The van der Waals surface area contributed by atoms with E-state index in [1.807, 2.05) is 0 Å². The zero-order valence-corrected chi connectivity index (χ0v) is 14.5. The number of ether oxygens (including phenoxy) is 2. The molecule has 0 fully saturated rings. The van der Waals surface area contributed by atoms with E-state index in [2.05, 4.69) is 9.47 Å². The van der Waals surface area contributed by atoms with Gasteiger partial charge in [0.2, 0.25) is 0 Å². The largest absolute Gasteiger partial charge is 0.395 e. The molecule has 0 atom stereocenters. The van der Waals surface area contributed by atoms with Gasteiger partial charge in [0.25, 0.3) is 0 Å². The summed E-state index contributed by atoms with van der Waals surface area (Å²) in [6.07, 6.45) is 13.7. The van der Waals surface area contributed by atoms with Crippen molar-refractivity contribution >= 4 is 24.9 Å². The minimum Gasteiger partial charge on any atom is -0.395 e. The van der Waals surface area contributed by atoms with Crippen LogP contribution in [0.1, 0.15) is 89.9 Å². The minimum atomic E-state index is -0.439. The second-order valence-corrected chi connectivity index (χ2v) is 5.91. The molecule has 6 nitrogen and oxygen atoms in total. The highest BCUT2D eigenvalue weighted by Gasteiger charge is 2.02. The number of carbonyl (C=O) groups excluding carboxylic acids is 4. The highest BCUT2D eigenvalue weighted by molar-refractivity contribution is 5.76. The minimum absolute atomic E-state index is 0.185. The molecule has 6 heteroatoms. The molecule has 0 aromatic rings. The van der Waals surface area contributed by atoms with Gasteiger partial charge in [-0.3, -0.25) is 19.2 Å². The normalized spacial score (nSPS) is 10.2. The van der Waals surface area contributed by atoms with Crippen molar-refractivity contribution in [3.05, 3.63) is 0 Å². The summed E-state index contributed by atoms with van der Waals surface area (Å²) in [5, 5.41) is 0. The summed E-state index contributed by atoms with van der Waals surface area (Å²) in [6.45, 7) is 0.369. The zero-order chi connectivity index (χ0) is 17.9. The maximum absolute atomic E-state index is 10.9. The molecule has 0 saturated carbocycles. The number of carbonyl (C=O) groups is 4. The fraction of sp³-hybridized carbons (Fsp3) is 0.778. The molecule has 0 radical (unpaired) electrons. The van der Waals surface area contributed by atoms with Gasteiger partial charge in [0.15, 0.2) is 0 Å². The van der Waals surface area contributed by atoms with Gasteiger partial charge in [-0.2, -0.15) is 0 Å². The molecule has 138 valence electrons. The van der Waals surface area contributed by atoms with Crippen LogP contribution in [-0.4, -0.2) is 24.9 Å². The summed E-state index contributed by atoms with van der Waals surface area (Å²) >= 11 is 0. The maximum atomic E-state index is 10.9. The third-order valence-electron chi connectivity index (χ3n) is 3.87. The predicted molar refractivity (Wildman–Crippen MR) is 89.0 cm³/mol. The maximum Gasteiger partial charge on any atom is 0.313 e. The van der Waals surface area contributed by atoms with Crippen molar-refractivity contribution in [2.45, 2.75) is 89.9 Å². The highest BCUT2D eigenvalue weighted by atomic mass is 16.6. The molecule has 0 aliphatic rings. The van der Waals surface area contributed by atoms with Crippen LogP contribution in [0.3, 0.4) is 0 Å². The second-order valence-electron chi connectivity index (χ2n) is 5.91. The van der Waals surface area contributed by atoms with E-state index in [1.165, 1.54) is 38.5 Å². The number of unbranched alkanes of at least 4 members (excludes halogenated alkanes) is 11. The third-order valence-corrected chi connectivity index (χ3v) is 3.87. The van der Waals surface area contributed by atoms with E-state index in [9.17, 15) is 19.2 Å². The van der Waals surface area contributed by atoms with Crippen molar-refractivity contribution in [1.82, 2.24) is 0 Å². The van der Waals surface area contributed by atoms with Crippen molar-refractivity contribution in [1.29, 1.82) is 0 Å². The van der Waals surface area contributed by atoms with Gasteiger partial charge in [-0.05, 0) is 12.8 Å². The van der Waals surface area contributed by atoms with Gasteiger partial charge in [-0.25, -0.2) is 0 Å². The lowest BCUT2D eigenvalue weighted by Crippen LogP contribution is -2.01. The van der Waals surface area contributed by atoms with Crippen LogP contribution < -0.4 is 0 Å². The van der Waals surface area contributed by atoms with E-state index in [0.717, 1.165) is 38.5 Å². The molecule has 24 heavy (non-hydrogen) atoms. The molecule has 0 aliphatic carbocycles. The Morgan fingerprint density at radius 2 is 0.750 bits per heavy atom. The molecular weight excluding hydrogens is 312 g/mol. The lowest BCUT2D eigenvalue weighted by atomic mass is 10.0. The fourth-order valence-corrected chi connectivity index (χ4v) is 2.53. The quantitative estimate of drug-likeness (QED) is 0.173. The SMILES string of the molecule is O=COC(=O)CCCCCCCCCCCCCCC(=O)OC=O. The van der Waals surface area contributed by atoms with E-state index < -0.39 is 11.9 Å². The average Bonchev–Trinajstić information content (AvgIpc) is 2.55. The van der Waals surface area contributed by atoms with Crippen molar-refractivity contribution in [2.24, 2.45) is 0 Å². The van der Waals surface area contributed by atoms with Gasteiger partial charge in [0.05, 0.1) is 0 Å². The molecular formula is C18H30O6. The van der Waals surface area contributed by atoms with Gasteiger partial charge in [0.1, 0.15) is 0 Å². The summed E-state index contributed by atoms with van der Waals surface area (Å²) in [4.78, 5) is 41.7. The standard InChI is InChI=1S/C18H30O6/c19-15-23-17(21)13-11-9-7-5-3-1-2-4-6-8-10-12-14-18(22)24-16-20/h15-16H,1-14H2. The van der Waals surface area contributed by atoms with Crippen LogP contribution in [-0.2, 0) is 28.7 Å². The van der Waals surface area contributed by atoms with Crippen LogP contribution in [0.5, 0.6) is 0 Å². The van der Waals surface area contributed by atoms with Gasteiger partial charge in [-0.1, -0.05) is 64.2 Å². The van der Waals surface area contributed by atoms with Crippen LogP contribution in [0.15, 0.2) is 0 Å². The van der Waals surface area contributed by atoms with Crippen LogP contribution in [0, 0.1) is 0 Å². The Labute approximate surface area is 144 Å². The van der Waals surface area contributed by atoms with Crippen LogP contribution >= 0.6 is 0 Å². The fourth-order valence-electron chi connectivity index (χ4n) is 2.53. The molecule has 0 unspecified atom stereocenters. The summed E-state index contributed by atoms with van der Waals surface area (Å²) < 4.78 is 8.43. The molecule has 0 aromatic heterocycles. The molecule has 0 bridgehead atoms. The second kappa shape index (κ2) is 17.6. The van der Waals surface area contributed by atoms with Crippen LogP contribution in [0.25, 0.3) is 0 Å².